The second-order valence-corrected chi connectivity index (χ2v) is 4.79. The van der Waals surface area contributed by atoms with Crippen LogP contribution in [0.2, 0.25) is 0 Å². The zero-order valence-electron chi connectivity index (χ0n) is 10.8. The van der Waals surface area contributed by atoms with Gasteiger partial charge in [-0.2, -0.15) is 0 Å². The summed E-state index contributed by atoms with van der Waals surface area (Å²) in [4.78, 5) is 0. The van der Waals surface area contributed by atoms with Gasteiger partial charge < -0.3 is 15.2 Å². The number of methoxy groups -OCH3 is 1. The molecule has 1 aromatic rings. The van der Waals surface area contributed by atoms with E-state index in [-0.39, 0.29) is 6.04 Å². The van der Waals surface area contributed by atoms with Gasteiger partial charge in [-0.15, -0.1) is 0 Å². The molecule has 0 saturated carbocycles. The van der Waals surface area contributed by atoms with Gasteiger partial charge in [-0.05, 0) is 50.4 Å². The van der Waals surface area contributed by atoms with Gasteiger partial charge >= 0.3 is 0 Å². The molecule has 2 rings (SSSR count). The van der Waals surface area contributed by atoms with E-state index in [2.05, 4.69) is 19.2 Å². The van der Waals surface area contributed by atoms with Crippen molar-refractivity contribution < 1.29 is 9.84 Å². The molecule has 1 fully saturated rings. The molecular weight excluding hydrogens is 214 g/mol. The predicted octanol–water partition coefficient (Wildman–Crippen LogP) is 2.83. The first-order chi connectivity index (χ1) is 8.15. The Hall–Kier alpha value is -1.22. The summed E-state index contributed by atoms with van der Waals surface area (Å²) in [6.45, 7) is 5.16. The monoisotopic (exact) mass is 235 g/mol. The van der Waals surface area contributed by atoms with Crippen LogP contribution in [0.1, 0.15) is 42.0 Å². The highest BCUT2D eigenvalue weighted by molar-refractivity contribution is 5.54. The molecule has 1 atom stereocenters. The highest BCUT2D eigenvalue weighted by Gasteiger charge is 2.23. The number of rotatable bonds is 2. The fourth-order valence-corrected chi connectivity index (χ4v) is 2.58. The maximum atomic E-state index is 10.3. The SMILES string of the molecule is COc1cc(C)c(C)c(C2CCCCN2)c1O. The fourth-order valence-electron chi connectivity index (χ4n) is 2.58. The van der Waals surface area contributed by atoms with Gasteiger partial charge in [0.1, 0.15) is 0 Å². The molecule has 1 aliphatic rings. The number of benzene rings is 1. The lowest BCUT2D eigenvalue weighted by molar-refractivity contribution is 0.353. The molecule has 3 nitrogen and oxygen atoms in total. The number of phenols is 1. The molecule has 0 aromatic heterocycles. The van der Waals surface area contributed by atoms with Crippen LogP contribution in [0.25, 0.3) is 0 Å². The van der Waals surface area contributed by atoms with Crippen LogP contribution in [0.4, 0.5) is 0 Å². The second kappa shape index (κ2) is 4.96. The van der Waals surface area contributed by atoms with Crippen LogP contribution in [0.3, 0.4) is 0 Å². The summed E-state index contributed by atoms with van der Waals surface area (Å²) >= 11 is 0. The smallest absolute Gasteiger partial charge is 0.162 e. The van der Waals surface area contributed by atoms with Crippen molar-refractivity contribution in [2.45, 2.75) is 39.2 Å². The van der Waals surface area contributed by atoms with Gasteiger partial charge in [-0.3, -0.25) is 0 Å². The quantitative estimate of drug-likeness (QED) is 0.828. The summed E-state index contributed by atoms with van der Waals surface area (Å²) in [7, 11) is 1.60. The Kier molecular flexibility index (Phi) is 3.57. The first-order valence-corrected chi connectivity index (χ1v) is 6.25. The Balaban J connectivity index is 2.46. The highest BCUT2D eigenvalue weighted by atomic mass is 16.5. The molecule has 0 bridgehead atoms. The molecule has 2 N–H and O–H groups in total. The van der Waals surface area contributed by atoms with E-state index in [1.54, 1.807) is 7.11 Å². The van der Waals surface area contributed by atoms with Crippen molar-refractivity contribution in [3.05, 3.63) is 22.8 Å². The second-order valence-electron chi connectivity index (χ2n) is 4.79. The standard InChI is InChI=1S/C14H21NO2/c1-9-8-12(17-3)14(16)13(10(9)2)11-6-4-5-7-15-11/h8,11,15-16H,4-7H2,1-3H3. The molecule has 17 heavy (non-hydrogen) atoms. The summed E-state index contributed by atoms with van der Waals surface area (Å²) in [5.74, 6) is 0.880. The number of phenolic OH excluding ortho intramolecular Hbond substituents is 1. The predicted molar refractivity (Wildman–Crippen MR) is 68.7 cm³/mol. The summed E-state index contributed by atoms with van der Waals surface area (Å²) in [6, 6.07) is 2.16. The van der Waals surface area contributed by atoms with Crippen LogP contribution in [0.5, 0.6) is 11.5 Å². The van der Waals surface area contributed by atoms with Crippen LogP contribution >= 0.6 is 0 Å². The van der Waals surface area contributed by atoms with Crippen molar-refractivity contribution in [3.63, 3.8) is 0 Å². The van der Waals surface area contributed by atoms with E-state index in [1.807, 2.05) is 6.07 Å². The lowest BCUT2D eigenvalue weighted by atomic mass is 9.91. The van der Waals surface area contributed by atoms with E-state index in [9.17, 15) is 5.11 Å². The van der Waals surface area contributed by atoms with E-state index < -0.39 is 0 Å². The Bertz CT molecular complexity index is 409. The van der Waals surface area contributed by atoms with E-state index in [1.165, 1.54) is 24.0 Å². The van der Waals surface area contributed by atoms with Gasteiger partial charge in [0.15, 0.2) is 11.5 Å². The van der Waals surface area contributed by atoms with Crippen molar-refractivity contribution in [2.24, 2.45) is 0 Å². The van der Waals surface area contributed by atoms with Crippen LogP contribution < -0.4 is 10.1 Å². The van der Waals surface area contributed by atoms with Gasteiger partial charge in [0.2, 0.25) is 0 Å². The number of ether oxygens (including phenoxy) is 1. The van der Waals surface area contributed by atoms with E-state index in [0.717, 1.165) is 18.5 Å². The molecule has 1 saturated heterocycles. The summed E-state index contributed by atoms with van der Waals surface area (Å²) in [5.41, 5.74) is 3.35. The zero-order valence-corrected chi connectivity index (χ0v) is 10.8. The van der Waals surface area contributed by atoms with Gasteiger partial charge in [0, 0.05) is 11.6 Å². The molecule has 1 heterocycles. The van der Waals surface area contributed by atoms with Gasteiger partial charge in [0.25, 0.3) is 0 Å². The van der Waals surface area contributed by atoms with E-state index in [0.29, 0.717) is 11.5 Å². The lowest BCUT2D eigenvalue weighted by Crippen LogP contribution is -2.27. The van der Waals surface area contributed by atoms with Crippen LogP contribution in [0, 0.1) is 13.8 Å². The van der Waals surface area contributed by atoms with Gasteiger partial charge in [-0.25, -0.2) is 0 Å². The first-order valence-electron chi connectivity index (χ1n) is 6.25. The normalized spacial score (nSPS) is 20.3. The molecule has 3 heteroatoms. The van der Waals surface area contributed by atoms with Crippen molar-refractivity contribution in [2.75, 3.05) is 13.7 Å². The molecule has 1 unspecified atom stereocenters. The Morgan fingerprint density at radius 1 is 1.35 bits per heavy atom. The molecule has 0 radical (unpaired) electrons. The van der Waals surface area contributed by atoms with Crippen molar-refractivity contribution in [3.8, 4) is 11.5 Å². The zero-order chi connectivity index (χ0) is 12.4. The Morgan fingerprint density at radius 3 is 2.71 bits per heavy atom. The number of hydrogen-bond donors (Lipinski definition) is 2. The number of piperidine rings is 1. The molecule has 0 amide bonds. The fraction of sp³-hybridized carbons (Fsp3) is 0.571. The summed E-state index contributed by atoms with van der Waals surface area (Å²) in [5, 5.41) is 13.8. The third-order valence-corrected chi connectivity index (χ3v) is 3.71. The van der Waals surface area contributed by atoms with Crippen LogP contribution in [-0.4, -0.2) is 18.8 Å². The largest absolute Gasteiger partial charge is 0.504 e. The van der Waals surface area contributed by atoms with Crippen molar-refractivity contribution in [1.29, 1.82) is 0 Å². The third kappa shape index (κ3) is 2.25. The highest BCUT2D eigenvalue weighted by Crippen LogP contribution is 2.40. The average molecular weight is 235 g/mol. The Morgan fingerprint density at radius 2 is 2.12 bits per heavy atom. The third-order valence-electron chi connectivity index (χ3n) is 3.71. The van der Waals surface area contributed by atoms with E-state index in [4.69, 9.17) is 4.74 Å². The number of hydrogen-bond acceptors (Lipinski definition) is 3. The van der Waals surface area contributed by atoms with Gasteiger partial charge in [-0.1, -0.05) is 6.42 Å². The maximum absolute atomic E-state index is 10.3. The number of nitrogens with one attached hydrogen (secondary N) is 1. The molecule has 94 valence electrons. The van der Waals surface area contributed by atoms with Crippen LogP contribution in [-0.2, 0) is 0 Å². The number of aromatic hydroxyl groups is 1. The first kappa shape index (κ1) is 12.2. The number of aryl methyl sites for hydroxylation is 1. The van der Waals surface area contributed by atoms with Crippen molar-refractivity contribution in [1.82, 2.24) is 5.32 Å². The minimum atomic E-state index is 0.262. The minimum Gasteiger partial charge on any atom is -0.504 e. The minimum absolute atomic E-state index is 0.262. The van der Waals surface area contributed by atoms with Crippen LogP contribution in [0.15, 0.2) is 6.07 Å². The molecule has 1 aromatic carbocycles. The maximum Gasteiger partial charge on any atom is 0.162 e. The average Bonchev–Trinajstić information content (AvgIpc) is 2.35. The summed E-state index contributed by atoms with van der Waals surface area (Å²) in [6.07, 6.45) is 3.52. The molecular formula is C14H21NO2. The lowest BCUT2D eigenvalue weighted by Gasteiger charge is -2.27. The summed E-state index contributed by atoms with van der Waals surface area (Å²) < 4.78 is 5.23. The molecule has 1 aliphatic heterocycles. The van der Waals surface area contributed by atoms with Gasteiger partial charge in [0.05, 0.1) is 7.11 Å². The topological polar surface area (TPSA) is 41.5 Å². The van der Waals surface area contributed by atoms with E-state index >= 15 is 0 Å². The van der Waals surface area contributed by atoms with Crippen molar-refractivity contribution >= 4 is 0 Å². The molecule has 0 aliphatic carbocycles. The Labute approximate surface area is 103 Å². The molecule has 0 spiro atoms.